The summed E-state index contributed by atoms with van der Waals surface area (Å²) in [7, 11) is 2.91. The standard InChI is InChI=1S/C25H26FN3O4S/c1-32-18-9-7-17(8-10-18)19-16-34-24(23(19)25(31)33-2)27-22(30)15-28-11-13-29(14-12-28)21-6-4-3-5-20(21)26/h3-10,16H,11-15H2,1-2H3,(H,27,30). The maximum atomic E-state index is 14.1. The Morgan fingerprint density at radius 1 is 1.03 bits per heavy atom. The Morgan fingerprint density at radius 2 is 1.74 bits per heavy atom. The van der Waals surface area contributed by atoms with Crippen LogP contribution in [-0.4, -0.2) is 63.7 Å². The van der Waals surface area contributed by atoms with Crippen molar-refractivity contribution < 1.29 is 23.5 Å². The van der Waals surface area contributed by atoms with Gasteiger partial charge in [0, 0.05) is 37.1 Å². The number of nitrogens with one attached hydrogen (secondary N) is 1. The van der Waals surface area contributed by atoms with E-state index in [9.17, 15) is 14.0 Å². The van der Waals surface area contributed by atoms with E-state index in [1.807, 2.05) is 45.5 Å². The zero-order chi connectivity index (χ0) is 24.1. The highest BCUT2D eigenvalue weighted by molar-refractivity contribution is 7.15. The van der Waals surface area contributed by atoms with Gasteiger partial charge >= 0.3 is 5.97 Å². The van der Waals surface area contributed by atoms with Gasteiger partial charge in [0.1, 0.15) is 22.1 Å². The highest BCUT2D eigenvalue weighted by atomic mass is 32.1. The number of para-hydroxylation sites is 1. The molecule has 1 fully saturated rings. The smallest absolute Gasteiger partial charge is 0.341 e. The molecule has 0 unspecified atom stereocenters. The first-order chi connectivity index (χ1) is 16.5. The second-order valence-corrected chi connectivity index (χ2v) is 8.72. The summed E-state index contributed by atoms with van der Waals surface area (Å²) >= 11 is 1.28. The van der Waals surface area contributed by atoms with Gasteiger partial charge in [-0.15, -0.1) is 11.3 Å². The van der Waals surface area contributed by atoms with Crippen LogP contribution in [0.25, 0.3) is 11.1 Å². The number of amides is 1. The van der Waals surface area contributed by atoms with Crippen LogP contribution in [0.1, 0.15) is 10.4 Å². The van der Waals surface area contributed by atoms with E-state index in [1.54, 1.807) is 19.2 Å². The van der Waals surface area contributed by atoms with Crippen LogP contribution in [0.3, 0.4) is 0 Å². The number of halogens is 1. The minimum absolute atomic E-state index is 0.182. The van der Waals surface area contributed by atoms with E-state index >= 15 is 0 Å². The molecule has 3 aromatic rings. The number of nitrogens with zero attached hydrogens (tertiary/aromatic N) is 2. The van der Waals surface area contributed by atoms with Gasteiger partial charge in [-0.2, -0.15) is 0 Å². The summed E-state index contributed by atoms with van der Waals surface area (Å²) in [5, 5.41) is 5.16. The molecular formula is C25H26FN3O4S. The number of anilines is 2. The number of benzene rings is 2. The minimum Gasteiger partial charge on any atom is -0.497 e. The predicted octanol–water partition coefficient (Wildman–Crippen LogP) is 4.11. The molecule has 2 aromatic carbocycles. The van der Waals surface area contributed by atoms with E-state index < -0.39 is 5.97 Å². The average molecular weight is 484 g/mol. The van der Waals surface area contributed by atoms with Crippen molar-refractivity contribution >= 4 is 33.9 Å². The number of piperazine rings is 1. The number of carbonyl (C=O) groups is 2. The largest absolute Gasteiger partial charge is 0.497 e. The van der Waals surface area contributed by atoms with Gasteiger partial charge in [-0.3, -0.25) is 9.69 Å². The van der Waals surface area contributed by atoms with Crippen molar-refractivity contribution in [3.63, 3.8) is 0 Å². The maximum absolute atomic E-state index is 14.1. The molecule has 1 N–H and O–H groups in total. The molecule has 0 aliphatic carbocycles. The maximum Gasteiger partial charge on any atom is 0.341 e. The van der Waals surface area contributed by atoms with Crippen LogP contribution >= 0.6 is 11.3 Å². The van der Waals surface area contributed by atoms with Crippen LogP contribution < -0.4 is 15.0 Å². The lowest BCUT2D eigenvalue weighted by Crippen LogP contribution is -2.48. The van der Waals surface area contributed by atoms with Gasteiger partial charge in [0.05, 0.1) is 26.5 Å². The van der Waals surface area contributed by atoms with E-state index in [0.29, 0.717) is 53.7 Å². The SMILES string of the molecule is COC(=O)c1c(-c2ccc(OC)cc2)csc1NC(=O)CN1CCN(c2ccccc2F)CC1. The third-order valence-corrected chi connectivity index (χ3v) is 6.66. The van der Waals surface area contributed by atoms with Crippen LogP contribution in [0.15, 0.2) is 53.9 Å². The van der Waals surface area contributed by atoms with E-state index in [-0.39, 0.29) is 18.3 Å². The third-order valence-electron chi connectivity index (χ3n) is 5.77. The minimum atomic E-state index is -0.513. The summed E-state index contributed by atoms with van der Waals surface area (Å²) < 4.78 is 24.2. The molecule has 0 radical (unpaired) electrons. The van der Waals surface area contributed by atoms with Crippen molar-refractivity contribution in [1.29, 1.82) is 0 Å². The lowest BCUT2D eigenvalue weighted by atomic mass is 10.0. The van der Waals surface area contributed by atoms with Crippen molar-refractivity contribution in [3.8, 4) is 16.9 Å². The van der Waals surface area contributed by atoms with Crippen molar-refractivity contribution in [2.75, 3.05) is 57.2 Å². The van der Waals surface area contributed by atoms with Crippen LogP contribution in [0, 0.1) is 5.82 Å². The molecule has 1 saturated heterocycles. The van der Waals surface area contributed by atoms with E-state index in [0.717, 1.165) is 5.56 Å². The number of carbonyl (C=O) groups excluding carboxylic acids is 2. The van der Waals surface area contributed by atoms with E-state index in [4.69, 9.17) is 9.47 Å². The molecule has 0 atom stereocenters. The van der Waals surface area contributed by atoms with Crippen LogP contribution in [0.2, 0.25) is 0 Å². The first kappa shape index (κ1) is 23.7. The number of hydrogen-bond donors (Lipinski definition) is 1. The molecule has 1 aromatic heterocycles. The monoisotopic (exact) mass is 483 g/mol. The molecule has 4 rings (SSSR count). The molecule has 0 spiro atoms. The molecule has 178 valence electrons. The summed E-state index contributed by atoms with van der Waals surface area (Å²) in [6, 6.07) is 14.0. The third kappa shape index (κ3) is 5.21. The number of methoxy groups -OCH3 is 2. The Kier molecular flexibility index (Phi) is 7.44. The highest BCUT2D eigenvalue weighted by Gasteiger charge is 2.24. The predicted molar refractivity (Wildman–Crippen MR) is 131 cm³/mol. The van der Waals surface area contributed by atoms with Crippen molar-refractivity contribution in [1.82, 2.24) is 4.90 Å². The number of hydrogen-bond acceptors (Lipinski definition) is 7. The van der Waals surface area contributed by atoms with Gasteiger partial charge in [-0.1, -0.05) is 24.3 Å². The molecule has 2 heterocycles. The normalized spacial score (nSPS) is 14.0. The van der Waals surface area contributed by atoms with Crippen molar-refractivity contribution in [2.45, 2.75) is 0 Å². The number of ether oxygens (including phenoxy) is 2. The van der Waals surface area contributed by atoms with Gasteiger partial charge in [-0.25, -0.2) is 9.18 Å². The fraction of sp³-hybridized carbons (Fsp3) is 0.280. The topological polar surface area (TPSA) is 71.1 Å². The first-order valence-corrected chi connectivity index (χ1v) is 11.7. The van der Waals surface area contributed by atoms with Crippen molar-refractivity contribution in [3.05, 3.63) is 65.3 Å². The second kappa shape index (κ2) is 10.7. The molecule has 1 amide bonds. The Morgan fingerprint density at radius 3 is 2.38 bits per heavy atom. The number of thiophene rings is 1. The quantitative estimate of drug-likeness (QED) is 0.510. The highest BCUT2D eigenvalue weighted by Crippen LogP contribution is 2.36. The zero-order valence-corrected chi connectivity index (χ0v) is 19.9. The summed E-state index contributed by atoms with van der Waals surface area (Å²) in [6.45, 7) is 2.70. The van der Waals surface area contributed by atoms with Gasteiger partial charge in [0.15, 0.2) is 0 Å². The van der Waals surface area contributed by atoms with Gasteiger partial charge in [0.2, 0.25) is 5.91 Å². The molecule has 0 saturated carbocycles. The first-order valence-electron chi connectivity index (χ1n) is 10.9. The number of esters is 1. The fourth-order valence-corrected chi connectivity index (χ4v) is 4.94. The Labute approximate surface area is 201 Å². The second-order valence-electron chi connectivity index (χ2n) is 7.84. The Bertz CT molecular complexity index is 1160. The molecule has 1 aliphatic rings. The lowest BCUT2D eigenvalue weighted by Gasteiger charge is -2.35. The lowest BCUT2D eigenvalue weighted by molar-refractivity contribution is -0.117. The van der Waals surface area contributed by atoms with Gasteiger partial charge in [-0.05, 0) is 29.8 Å². The molecular weight excluding hydrogens is 457 g/mol. The molecule has 34 heavy (non-hydrogen) atoms. The molecule has 7 nitrogen and oxygen atoms in total. The molecule has 1 aliphatic heterocycles. The van der Waals surface area contributed by atoms with Crippen LogP contribution in [0.5, 0.6) is 5.75 Å². The summed E-state index contributed by atoms with van der Waals surface area (Å²) in [6.07, 6.45) is 0. The van der Waals surface area contributed by atoms with E-state index in [1.165, 1.54) is 24.5 Å². The summed E-state index contributed by atoms with van der Waals surface area (Å²) in [5.74, 6) is -0.259. The summed E-state index contributed by atoms with van der Waals surface area (Å²) in [4.78, 5) is 29.3. The summed E-state index contributed by atoms with van der Waals surface area (Å²) in [5.41, 5.74) is 2.42. The average Bonchev–Trinajstić information content (AvgIpc) is 3.27. The molecule has 0 bridgehead atoms. The Hall–Kier alpha value is -3.43. The van der Waals surface area contributed by atoms with Crippen LogP contribution in [-0.2, 0) is 9.53 Å². The van der Waals surface area contributed by atoms with Gasteiger partial charge in [0.25, 0.3) is 0 Å². The van der Waals surface area contributed by atoms with Crippen molar-refractivity contribution in [2.24, 2.45) is 0 Å². The fourth-order valence-electron chi connectivity index (χ4n) is 3.96. The van der Waals surface area contributed by atoms with E-state index in [2.05, 4.69) is 5.32 Å². The van der Waals surface area contributed by atoms with Gasteiger partial charge < -0.3 is 19.7 Å². The Balaban J connectivity index is 1.41. The number of rotatable bonds is 7. The van der Waals surface area contributed by atoms with Crippen LogP contribution in [0.4, 0.5) is 15.1 Å². The zero-order valence-electron chi connectivity index (χ0n) is 19.0. The molecule has 9 heteroatoms.